The number of rotatable bonds is 7. The quantitative estimate of drug-likeness (QED) is 0.549. The molecule has 4 nitrogen and oxygen atoms in total. The Hall–Kier alpha value is -2.01. The Morgan fingerprint density at radius 3 is 2.32 bits per heavy atom. The standard InChI is InChI=1S/C17H17BrO4/c1-12-3-5-15(14(18)9-12)21-7-8-22-16-6-4-13(11-19)10-17(16)20-2/h3-6,9-11H,7-8H2,1-2H3. The van der Waals surface area contributed by atoms with Crippen LogP contribution in [0.15, 0.2) is 40.9 Å². The van der Waals surface area contributed by atoms with Crippen LogP contribution in [0.4, 0.5) is 0 Å². The van der Waals surface area contributed by atoms with Crippen LogP contribution < -0.4 is 14.2 Å². The molecule has 0 heterocycles. The fraction of sp³-hybridized carbons (Fsp3) is 0.235. The molecule has 0 aliphatic heterocycles. The third-order valence-corrected chi connectivity index (χ3v) is 3.63. The lowest BCUT2D eigenvalue weighted by atomic mass is 10.2. The van der Waals surface area contributed by atoms with E-state index in [9.17, 15) is 4.79 Å². The van der Waals surface area contributed by atoms with Crippen LogP contribution in [0, 0.1) is 6.92 Å². The number of aldehydes is 1. The van der Waals surface area contributed by atoms with Crippen LogP contribution in [0.25, 0.3) is 0 Å². The van der Waals surface area contributed by atoms with Crippen LogP contribution in [-0.4, -0.2) is 26.6 Å². The van der Waals surface area contributed by atoms with Gasteiger partial charge in [-0.05, 0) is 58.7 Å². The van der Waals surface area contributed by atoms with Crippen LogP contribution >= 0.6 is 15.9 Å². The maximum atomic E-state index is 10.7. The molecule has 2 aromatic rings. The summed E-state index contributed by atoms with van der Waals surface area (Å²) < 4.78 is 17.4. The Kier molecular flexibility index (Phi) is 5.83. The number of ether oxygens (including phenoxy) is 3. The minimum absolute atomic E-state index is 0.372. The Morgan fingerprint density at radius 1 is 1.00 bits per heavy atom. The Labute approximate surface area is 138 Å². The number of aryl methyl sites for hydroxylation is 1. The summed E-state index contributed by atoms with van der Waals surface area (Å²) in [6, 6.07) is 10.9. The highest BCUT2D eigenvalue weighted by atomic mass is 79.9. The summed E-state index contributed by atoms with van der Waals surface area (Å²) >= 11 is 3.46. The van der Waals surface area contributed by atoms with E-state index in [1.165, 1.54) is 7.11 Å². The molecule has 2 aromatic carbocycles. The zero-order valence-corrected chi connectivity index (χ0v) is 14.1. The van der Waals surface area contributed by atoms with E-state index in [0.29, 0.717) is 30.3 Å². The van der Waals surface area contributed by atoms with Crippen molar-refractivity contribution in [1.29, 1.82) is 0 Å². The van der Waals surface area contributed by atoms with E-state index >= 15 is 0 Å². The average Bonchev–Trinajstić information content (AvgIpc) is 2.53. The van der Waals surface area contributed by atoms with Crippen molar-refractivity contribution < 1.29 is 19.0 Å². The molecule has 0 aliphatic carbocycles. The molecule has 0 amide bonds. The topological polar surface area (TPSA) is 44.8 Å². The van der Waals surface area contributed by atoms with Gasteiger partial charge < -0.3 is 14.2 Å². The second-order valence-corrected chi connectivity index (χ2v) is 5.51. The summed E-state index contributed by atoms with van der Waals surface area (Å²) in [7, 11) is 1.54. The van der Waals surface area contributed by atoms with Gasteiger partial charge in [0.05, 0.1) is 11.6 Å². The first-order valence-electron chi connectivity index (χ1n) is 6.79. The van der Waals surface area contributed by atoms with Crippen LogP contribution in [0.2, 0.25) is 0 Å². The van der Waals surface area contributed by atoms with E-state index in [0.717, 1.165) is 22.1 Å². The molecule has 0 saturated carbocycles. The molecule has 22 heavy (non-hydrogen) atoms. The molecule has 0 unspecified atom stereocenters. The molecule has 0 saturated heterocycles. The monoisotopic (exact) mass is 364 g/mol. The highest BCUT2D eigenvalue weighted by Gasteiger charge is 2.06. The lowest BCUT2D eigenvalue weighted by molar-refractivity contribution is 0.112. The number of carbonyl (C=O) groups is 1. The van der Waals surface area contributed by atoms with Crippen LogP contribution in [0.3, 0.4) is 0 Å². The van der Waals surface area contributed by atoms with Crippen molar-refractivity contribution in [2.45, 2.75) is 6.92 Å². The molecule has 0 fully saturated rings. The fourth-order valence-corrected chi connectivity index (χ4v) is 2.51. The minimum Gasteiger partial charge on any atom is -0.493 e. The predicted octanol–water partition coefficient (Wildman–Crippen LogP) is 4.04. The molecule has 116 valence electrons. The zero-order valence-electron chi connectivity index (χ0n) is 12.5. The fourth-order valence-electron chi connectivity index (χ4n) is 1.90. The highest BCUT2D eigenvalue weighted by molar-refractivity contribution is 9.10. The van der Waals surface area contributed by atoms with E-state index in [-0.39, 0.29) is 0 Å². The minimum atomic E-state index is 0.372. The lowest BCUT2D eigenvalue weighted by Crippen LogP contribution is -2.10. The Bertz CT molecular complexity index is 655. The van der Waals surface area contributed by atoms with Gasteiger partial charge in [-0.15, -0.1) is 0 Å². The molecule has 0 atom stereocenters. The SMILES string of the molecule is COc1cc(C=O)ccc1OCCOc1ccc(C)cc1Br. The van der Waals surface area contributed by atoms with E-state index in [4.69, 9.17) is 14.2 Å². The second kappa shape index (κ2) is 7.84. The number of hydrogen-bond acceptors (Lipinski definition) is 4. The van der Waals surface area contributed by atoms with Gasteiger partial charge in [0.15, 0.2) is 11.5 Å². The summed E-state index contributed by atoms with van der Waals surface area (Å²) in [5.41, 5.74) is 1.71. The zero-order chi connectivity index (χ0) is 15.9. The number of halogens is 1. The second-order valence-electron chi connectivity index (χ2n) is 4.66. The lowest BCUT2D eigenvalue weighted by Gasteiger charge is -2.12. The third-order valence-electron chi connectivity index (χ3n) is 3.01. The maximum absolute atomic E-state index is 10.7. The van der Waals surface area contributed by atoms with Crippen molar-refractivity contribution in [1.82, 2.24) is 0 Å². The van der Waals surface area contributed by atoms with Gasteiger partial charge in [0.25, 0.3) is 0 Å². The molecule has 0 spiro atoms. The summed E-state index contributed by atoms with van der Waals surface area (Å²) in [6.45, 7) is 2.80. The molecule has 5 heteroatoms. The third kappa shape index (κ3) is 4.24. The van der Waals surface area contributed by atoms with Crippen molar-refractivity contribution >= 4 is 22.2 Å². The number of benzene rings is 2. The van der Waals surface area contributed by atoms with Crippen molar-refractivity contribution in [3.8, 4) is 17.2 Å². The number of hydrogen-bond donors (Lipinski definition) is 0. The smallest absolute Gasteiger partial charge is 0.161 e. The van der Waals surface area contributed by atoms with E-state index in [2.05, 4.69) is 15.9 Å². The summed E-state index contributed by atoms with van der Waals surface area (Å²) in [5, 5.41) is 0. The Morgan fingerprint density at radius 2 is 1.68 bits per heavy atom. The van der Waals surface area contributed by atoms with Gasteiger partial charge >= 0.3 is 0 Å². The van der Waals surface area contributed by atoms with Gasteiger partial charge in [-0.3, -0.25) is 4.79 Å². The van der Waals surface area contributed by atoms with E-state index in [1.54, 1.807) is 18.2 Å². The molecule has 0 radical (unpaired) electrons. The highest BCUT2D eigenvalue weighted by Crippen LogP contribution is 2.28. The normalized spacial score (nSPS) is 10.1. The van der Waals surface area contributed by atoms with Crippen LogP contribution in [0.1, 0.15) is 15.9 Å². The summed E-state index contributed by atoms with van der Waals surface area (Å²) in [4.78, 5) is 10.7. The van der Waals surface area contributed by atoms with Crippen molar-refractivity contribution in [2.75, 3.05) is 20.3 Å². The molecule has 0 aliphatic rings. The summed E-state index contributed by atoms with van der Waals surface area (Å²) in [6.07, 6.45) is 0.768. The molecular formula is C17H17BrO4. The van der Waals surface area contributed by atoms with Crippen molar-refractivity contribution in [3.63, 3.8) is 0 Å². The summed E-state index contributed by atoms with van der Waals surface area (Å²) in [5.74, 6) is 1.89. The first kappa shape index (κ1) is 16.4. The molecule has 0 bridgehead atoms. The Balaban J connectivity index is 1.90. The molecule has 0 N–H and O–H groups in total. The van der Waals surface area contributed by atoms with Gasteiger partial charge in [-0.2, -0.15) is 0 Å². The maximum Gasteiger partial charge on any atom is 0.161 e. The molecule has 0 aromatic heterocycles. The predicted molar refractivity (Wildman–Crippen MR) is 88.3 cm³/mol. The van der Waals surface area contributed by atoms with Crippen LogP contribution in [-0.2, 0) is 0 Å². The number of carbonyl (C=O) groups excluding carboxylic acids is 1. The van der Waals surface area contributed by atoms with E-state index in [1.807, 2.05) is 25.1 Å². The van der Waals surface area contributed by atoms with Crippen LogP contribution in [0.5, 0.6) is 17.2 Å². The van der Waals surface area contributed by atoms with Gasteiger partial charge in [0.2, 0.25) is 0 Å². The first-order chi connectivity index (χ1) is 10.6. The largest absolute Gasteiger partial charge is 0.493 e. The van der Waals surface area contributed by atoms with Gasteiger partial charge in [0.1, 0.15) is 25.2 Å². The molecule has 2 rings (SSSR count). The van der Waals surface area contributed by atoms with Crippen molar-refractivity contribution in [3.05, 3.63) is 52.0 Å². The van der Waals surface area contributed by atoms with Crippen molar-refractivity contribution in [2.24, 2.45) is 0 Å². The van der Waals surface area contributed by atoms with Gasteiger partial charge in [-0.1, -0.05) is 6.07 Å². The number of methoxy groups -OCH3 is 1. The molecular weight excluding hydrogens is 348 g/mol. The average molecular weight is 365 g/mol. The van der Waals surface area contributed by atoms with Gasteiger partial charge in [0, 0.05) is 5.56 Å². The van der Waals surface area contributed by atoms with E-state index < -0.39 is 0 Å². The first-order valence-corrected chi connectivity index (χ1v) is 7.58. The van der Waals surface area contributed by atoms with Gasteiger partial charge in [-0.25, -0.2) is 0 Å².